The summed E-state index contributed by atoms with van der Waals surface area (Å²) in [7, 11) is 4.08. The Labute approximate surface area is 177 Å². The molecule has 0 atom stereocenters. The van der Waals surface area contributed by atoms with Crippen LogP contribution in [0.15, 0.2) is 52.9 Å². The summed E-state index contributed by atoms with van der Waals surface area (Å²) >= 11 is 0. The molecule has 1 saturated heterocycles. The lowest BCUT2D eigenvalue weighted by atomic mass is 10.1. The van der Waals surface area contributed by atoms with Gasteiger partial charge in [0.2, 0.25) is 0 Å². The first-order valence-corrected chi connectivity index (χ1v) is 9.59. The van der Waals surface area contributed by atoms with Gasteiger partial charge in [-0.1, -0.05) is 18.2 Å². The molecule has 4 rings (SSSR count). The lowest BCUT2D eigenvalue weighted by Gasteiger charge is -2.13. The molecule has 2 heterocycles. The molecular formula is C23H27ClN2O3. The highest BCUT2D eigenvalue weighted by Crippen LogP contribution is 2.25. The average Bonchev–Trinajstić information content (AvgIpc) is 3.35. The predicted molar refractivity (Wildman–Crippen MR) is 121 cm³/mol. The lowest BCUT2D eigenvalue weighted by Crippen LogP contribution is -2.25. The van der Waals surface area contributed by atoms with Gasteiger partial charge in [0.05, 0.1) is 13.3 Å². The van der Waals surface area contributed by atoms with Crippen molar-refractivity contribution in [3.8, 4) is 5.75 Å². The summed E-state index contributed by atoms with van der Waals surface area (Å²) in [5, 5.41) is 1.07. The van der Waals surface area contributed by atoms with Gasteiger partial charge in [-0.15, -0.1) is 12.4 Å². The van der Waals surface area contributed by atoms with Gasteiger partial charge in [-0.25, -0.2) is 0 Å². The molecule has 0 spiro atoms. The number of nitrogens with zero attached hydrogens (tertiary/aromatic N) is 2. The normalized spacial score (nSPS) is 14.4. The van der Waals surface area contributed by atoms with E-state index in [2.05, 4.69) is 40.1 Å². The minimum Gasteiger partial charge on any atom is -0.492 e. The number of anilines is 1. The maximum absolute atomic E-state index is 5.97. The van der Waals surface area contributed by atoms with Gasteiger partial charge >= 0.3 is 0 Å². The van der Waals surface area contributed by atoms with Crippen molar-refractivity contribution in [2.45, 2.75) is 0 Å². The van der Waals surface area contributed by atoms with Gasteiger partial charge in [0.25, 0.3) is 0 Å². The number of furan rings is 1. The van der Waals surface area contributed by atoms with Crippen molar-refractivity contribution in [3.63, 3.8) is 0 Å². The molecule has 6 heteroatoms. The maximum Gasteiger partial charge on any atom is 0.138 e. The highest BCUT2D eigenvalue weighted by Gasteiger charge is 2.11. The zero-order valence-corrected chi connectivity index (χ0v) is 17.7. The molecule has 3 aromatic rings. The number of halogens is 1. The van der Waals surface area contributed by atoms with Gasteiger partial charge in [-0.2, -0.15) is 0 Å². The Balaban J connectivity index is 0.00000240. The Morgan fingerprint density at radius 2 is 1.90 bits per heavy atom. The first kappa shape index (κ1) is 21.2. The Bertz CT molecular complexity index is 944. The van der Waals surface area contributed by atoms with Crippen molar-refractivity contribution in [2.75, 3.05) is 52.0 Å². The van der Waals surface area contributed by atoms with E-state index in [0.717, 1.165) is 47.7 Å². The van der Waals surface area contributed by atoms with Crippen LogP contribution >= 0.6 is 12.4 Å². The van der Waals surface area contributed by atoms with Crippen LogP contribution in [0.1, 0.15) is 11.3 Å². The largest absolute Gasteiger partial charge is 0.492 e. The molecule has 29 heavy (non-hydrogen) atoms. The Hall–Kier alpha value is -2.47. The Kier molecular flexibility index (Phi) is 7.20. The molecule has 1 fully saturated rings. The Morgan fingerprint density at radius 1 is 1.07 bits per heavy atom. The predicted octanol–water partition coefficient (Wildman–Crippen LogP) is 4.76. The van der Waals surface area contributed by atoms with Crippen molar-refractivity contribution in [2.24, 2.45) is 0 Å². The maximum atomic E-state index is 5.97. The zero-order valence-electron chi connectivity index (χ0n) is 16.8. The van der Waals surface area contributed by atoms with Gasteiger partial charge in [0.15, 0.2) is 0 Å². The molecule has 0 N–H and O–H groups in total. The van der Waals surface area contributed by atoms with E-state index in [-0.39, 0.29) is 12.4 Å². The minimum atomic E-state index is 0. The SMILES string of the molecule is CN(C)c1ccc(C=Cc2cc3ccc(OCCN4CCOC4)cc3o2)cc1.Cl. The quantitative estimate of drug-likeness (QED) is 0.557. The summed E-state index contributed by atoms with van der Waals surface area (Å²) in [6, 6.07) is 16.5. The van der Waals surface area contributed by atoms with E-state index in [0.29, 0.717) is 13.3 Å². The third kappa shape index (κ3) is 5.54. The van der Waals surface area contributed by atoms with E-state index in [1.807, 2.05) is 44.4 Å². The summed E-state index contributed by atoms with van der Waals surface area (Å²) in [5.74, 6) is 1.66. The molecule has 1 aromatic heterocycles. The monoisotopic (exact) mass is 414 g/mol. The highest BCUT2D eigenvalue weighted by atomic mass is 35.5. The lowest BCUT2D eigenvalue weighted by molar-refractivity contribution is 0.129. The molecule has 0 unspecified atom stereocenters. The summed E-state index contributed by atoms with van der Waals surface area (Å²) in [6.07, 6.45) is 4.06. The number of hydrogen-bond acceptors (Lipinski definition) is 5. The van der Waals surface area contributed by atoms with Crippen molar-refractivity contribution in [1.82, 2.24) is 4.90 Å². The van der Waals surface area contributed by atoms with Crippen LogP contribution in [0.2, 0.25) is 0 Å². The van der Waals surface area contributed by atoms with E-state index in [1.165, 1.54) is 5.69 Å². The fourth-order valence-corrected chi connectivity index (χ4v) is 3.19. The average molecular weight is 415 g/mol. The van der Waals surface area contributed by atoms with Gasteiger partial charge < -0.3 is 18.8 Å². The second-order valence-electron chi connectivity index (χ2n) is 7.17. The third-order valence-electron chi connectivity index (χ3n) is 4.86. The van der Waals surface area contributed by atoms with Gasteiger partial charge in [-0.3, -0.25) is 4.90 Å². The first-order chi connectivity index (χ1) is 13.7. The number of hydrogen-bond donors (Lipinski definition) is 0. The third-order valence-corrected chi connectivity index (χ3v) is 4.86. The molecule has 1 aliphatic rings. The van der Waals surface area contributed by atoms with Crippen molar-refractivity contribution in [3.05, 3.63) is 59.9 Å². The molecular weight excluding hydrogens is 388 g/mol. The summed E-state index contributed by atoms with van der Waals surface area (Å²) in [4.78, 5) is 4.32. The molecule has 0 amide bonds. The fourth-order valence-electron chi connectivity index (χ4n) is 3.19. The van der Waals surface area contributed by atoms with E-state index in [9.17, 15) is 0 Å². The summed E-state index contributed by atoms with van der Waals surface area (Å²) in [5.41, 5.74) is 3.16. The summed E-state index contributed by atoms with van der Waals surface area (Å²) < 4.78 is 17.2. The second-order valence-corrected chi connectivity index (χ2v) is 7.17. The fraction of sp³-hybridized carbons (Fsp3) is 0.304. The molecule has 0 saturated carbocycles. The second kappa shape index (κ2) is 9.83. The van der Waals surface area contributed by atoms with Crippen LogP contribution < -0.4 is 9.64 Å². The van der Waals surface area contributed by atoms with Crippen molar-refractivity contribution in [1.29, 1.82) is 0 Å². The van der Waals surface area contributed by atoms with E-state index in [4.69, 9.17) is 13.9 Å². The first-order valence-electron chi connectivity index (χ1n) is 9.59. The standard InChI is InChI=1S/C23H26N2O3.ClH/c1-24(2)20-7-3-18(4-8-20)5-9-22-15-19-6-10-21(16-23(19)28-22)27-14-12-25-11-13-26-17-25;/h3-10,15-16H,11-14,17H2,1-2H3;1H. The topological polar surface area (TPSA) is 38.1 Å². The molecule has 0 radical (unpaired) electrons. The Morgan fingerprint density at radius 3 is 2.62 bits per heavy atom. The van der Waals surface area contributed by atoms with Gasteiger partial charge in [-0.05, 0) is 42.0 Å². The number of fused-ring (bicyclic) bond motifs is 1. The summed E-state index contributed by atoms with van der Waals surface area (Å²) in [6.45, 7) is 4.01. The number of ether oxygens (including phenoxy) is 2. The molecule has 0 bridgehead atoms. The van der Waals surface area contributed by atoms with Crippen LogP contribution in [0.4, 0.5) is 5.69 Å². The van der Waals surface area contributed by atoms with Crippen LogP contribution in [-0.2, 0) is 4.74 Å². The van der Waals surface area contributed by atoms with Crippen molar-refractivity contribution >= 4 is 41.2 Å². The molecule has 5 nitrogen and oxygen atoms in total. The van der Waals surface area contributed by atoms with Crippen LogP contribution in [0.3, 0.4) is 0 Å². The molecule has 1 aliphatic heterocycles. The van der Waals surface area contributed by atoms with Crippen LogP contribution in [-0.4, -0.2) is 52.0 Å². The minimum absolute atomic E-state index is 0. The number of benzene rings is 2. The van der Waals surface area contributed by atoms with Crippen LogP contribution in [0, 0.1) is 0 Å². The zero-order chi connectivity index (χ0) is 19.3. The molecule has 0 aliphatic carbocycles. The van der Waals surface area contributed by atoms with Gasteiger partial charge in [0, 0.05) is 44.3 Å². The molecule has 154 valence electrons. The van der Waals surface area contributed by atoms with Crippen LogP contribution in [0.5, 0.6) is 5.75 Å². The van der Waals surface area contributed by atoms with Crippen LogP contribution in [0.25, 0.3) is 23.1 Å². The van der Waals surface area contributed by atoms with Crippen molar-refractivity contribution < 1.29 is 13.9 Å². The molecule has 2 aromatic carbocycles. The van der Waals surface area contributed by atoms with E-state index in [1.54, 1.807) is 0 Å². The highest BCUT2D eigenvalue weighted by molar-refractivity contribution is 5.85. The number of rotatable bonds is 7. The van der Waals surface area contributed by atoms with Gasteiger partial charge in [0.1, 0.15) is 23.7 Å². The van der Waals surface area contributed by atoms with E-state index >= 15 is 0 Å². The van der Waals surface area contributed by atoms with E-state index < -0.39 is 0 Å². The smallest absolute Gasteiger partial charge is 0.138 e.